The highest BCUT2D eigenvalue weighted by atomic mass is 16.4. The summed E-state index contributed by atoms with van der Waals surface area (Å²) in [5, 5.41) is 54.6. The molecule has 4 fully saturated rings. The van der Waals surface area contributed by atoms with E-state index in [2.05, 4.69) is 40.3 Å². The summed E-state index contributed by atoms with van der Waals surface area (Å²) in [7, 11) is 0. The highest BCUT2D eigenvalue weighted by molar-refractivity contribution is 5.77. The lowest BCUT2D eigenvalue weighted by Gasteiger charge is -2.72. The number of hydrogen-bond acceptors (Lipinski definition) is 5. The second kappa shape index (κ2) is 7.91. The molecule has 36 heavy (non-hydrogen) atoms. The second-order valence-electron chi connectivity index (χ2n) is 14.2. The van der Waals surface area contributed by atoms with Crippen molar-refractivity contribution >= 4 is 5.97 Å². The first-order valence-corrected chi connectivity index (χ1v) is 13.9. The van der Waals surface area contributed by atoms with Crippen LogP contribution in [-0.4, -0.2) is 56.4 Å². The van der Waals surface area contributed by atoms with Crippen LogP contribution in [0.25, 0.3) is 0 Å². The first-order valence-electron chi connectivity index (χ1n) is 13.9. The number of aliphatic hydroxyl groups excluding tert-OH is 4. The van der Waals surface area contributed by atoms with E-state index in [1.165, 1.54) is 5.57 Å². The molecule has 0 aromatic carbocycles. The van der Waals surface area contributed by atoms with E-state index in [4.69, 9.17) is 0 Å². The van der Waals surface area contributed by atoms with Crippen LogP contribution in [0.2, 0.25) is 0 Å². The summed E-state index contributed by atoms with van der Waals surface area (Å²) >= 11 is 0. The molecular formula is C30H46O6. The van der Waals surface area contributed by atoms with Crippen LogP contribution >= 0.6 is 0 Å². The molecule has 0 amide bonds. The minimum atomic E-state index is -1.09. The normalized spacial score (nSPS) is 56.5. The van der Waals surface area contributed by atoms with Crippen LogP contribution in [-0.2, 0) is 4.79 Å². The maximum atomic E-state index is 12.8. The molecule has 0 heterocycles. The second-order valence-corrected chi connectivity index (χ2v) is 14.2. The monoisotopic (exact) mass is 502 g/mol. The smallest absolute Gasteiger partial charge is 0.310 e. The van der Waals surface area contributed by atoms with Gasteiger partial charge in [-0.05, 0) is 73.0 Å². The van der Waals surface area contributed by atoms with Crippen LogP contribution in [0.4, 0.5) is 0 Å². The molecule has 5 N–H and O–H groups in total. The highest BCUT2D eigenvalue weighted by Gasteiger charge is 2.72. The molecule has 0 aromatic heterocycles. The number of carboxylic acid groups (broad SMARTS) is 1. The van der Waals surface area contributed by atoms with Gasteiger partial charge in [-0.15, -0.1) is 0 Å². The average molecular weight is 503 g/mol. The van der Waals surface area contributed by atoms with Gasteiger partial charge < -0.3 is 25.5 Å². The standard InChI is InChI=1S/C30H46O6/c1-16-9-10-30(25(35)36)12-11-28(5)18(22(30)17(16)2)7-8-21-26(3)13-20(33)24(34)27(4,15-31)23(26)19(32)14-29(21,28)6/h7,17,19-24,31-34H,1,8-15H2,2-6H3,(H,35,36)/t17-,19+,20+,21?,22-,23?,24-,26+,27-,28+,29+,30-/m0/s1. The number of allylic oxidation sites excluding steroid dienone is 3. The third-order valence-corrected chi connectivity index (χ3v) is 13.0. The molecule has 6 nitrogen and oxygen atoms in total. The van der Waals surface area contributed by atoms with Gasteiger partial charge in [0, 0.05) is 17.3 Å². The van der Waals surface area contributed by atoms with E-state index in [9.17, 15) is 30.3 Å². The number of carbonyl (C=O) groups is 1. The van der Waals surface area contributed by atoms with Crippen molar-refractivity contribution in [1.29, 1.82) is 0 Å². The fourth-order valence-corrected chi connectivity index (χ4v) is 10.9. The van der Waals surface area contributed by atoms with Gasteiger partial charge in [-0.1, -0.05) is 58.4 Å². The van der Waals surface area contributed by atoms with E-state index in [-0.39, 0.29) is 41.1 Å². The van der Waals surface area contributed by atoms with E-state index >= 15 is 0 Å². The van der Waals surface area contributed by atoms with Gasteiger partial charge in [0.15, 0.2) is 0 Å². The van der Waals surface area contributed by atoms with Crippen molar-refractivity contribution in [1.82, 2.24) is 0 Å². The zero-order valence-corrected chi connectivity index (χ0v) is 22.6. The predicted molar refractivity (Wildman–Crippen MR) is 137 cm³/mol. The number of carboxylic acids is 1. The van der Waals surface area contributed by atoms with Gasteiger partial charge in [0.2, 0.25) is 0 Å². The molecule has 4 saturated carbocycles. The largest absolute Gasteiger partial charge is 0.481 e. The molecule has 12 atom stereocenters. The van der Waals surface area contributed by atoms with Crippen LogP contribution in [0.3, 0.4) is 0 Å². The molecule has 5 aliphatic rings. The first kappa shape index (κ1) is 26.4. The maximum Gasteiger partial charge on any atom is 0.310 e. The van der Waals surface area contributed by atoms with E-state index in [0.717, 1.165) is 24.8 Å². The third kappa shape index (κ3) is 2.91. The zero-order chi connectivity index (χ0) is 26.6. The summed E-state index contributed by atoms with van der Waals surface area (Å²) in [4.78, 5) is 12.8. The highest BCUT2D eigenvalue weighted by Crippen LogP contribution is 2.75. The molecule has 5 rings (SSSR count). The van der Waals surface area contributed by atoms with Gasteiger partial charge in [-0.3, -0.25) is 4.79 Å². The summed E-state index contributed by atoms with van der Waals surface area (Å²) in [6.45, 7) is 14.7. The Kier molecular flexibility index (Phi) is 5.80. The average Bonchev–Trinajstić information content (AvgIpc) is 2.80. The van der Waals surface area contributed by atoms with Crippen molar-refractivity contribution in [2.24, 2.45) is 50.7 Å². The zero-order valence-electron chi connectivity index (χ0n) is 22.6. The minimum Gasteiger partial charge on any atom is -0.481 e. The number of hydrogen-bond donors (Lipinski definition) is 5. The number of fused-ring (bicyclic) bond motifs is 7. The lowest BCUT2D eigenvalue weighted by atomic mass is 9.32. The maximum absolute atomic E-state index is 12.8. The lowest BCUT2D eigenvalue weighted by Crippen LogP contribution is -2.71. The Bertz CT molecular complexity index is 1010. The molecular weight excluding hydrogens is 456 g/mol. The van der Waals surface area contributed by atoms with Crippen molar-refractivity contribution in [3.63, 3.8) is 0 Å². The Morgan fingerprint density at radius 1 is 1.06 bits per heavy atom. The Morgan fingerprint density at radius 2 is 1.72 bits per heavy atom. The number of aliphatic carboxylic acids is 1. The van der Waals surface area contributed by atoms with Crippen LogP contribution in [0.1, 0.15) is 79.6 Å². The molecule has 202 valence electrons. The van der Waals surface area contributed by atoms with Gasteiger partial charge in [0.05, 0.1) is 30.3 Å². The molecule has 2 unspecified atom stereocenters. The SMILES string of the molecule is C=C1CC[C@]2(C(=O)O)CC[C@]3(C)C(=CCC4[C@@]5(C)C[C@@H](O)[C@H](O)[C@@](C)(CO)C5[C@H](O)C[C@]43C)[C@@H]2[C@H]1C. The molecule has 0 bridgehead atoms. The summed E-state index contributed by atoms with van der Waals surface area (Å²) in [6.07, 6.45) is 3.93. The van der Waals surface area contributed by atoms with Gasteiger partial charge in [0.25, 0.3) is 0 Å². The van der Waals surface area contributed by atoms with Gasteiger partial charge in [-0.25, -0.2) is 0 Å². The van der Waals surface area contributed by atoms with Crippen molar-refractivity contribution in [2.75, 3.05) is 6.61 Å². The third-order valence-electron chi connectivity index (χ3n) is 13.0. The fourth-order valence-electron chi connectivity index (χ4n) is 10.9. The van der Waals surface area contributed by atoms with Crippen LogP contribution in [0.15, 0.2) is 23.8 Å². The Labute approximate surface area is 215 Å². The van der Waals surface area contributed by atoms with Crippen molar-refractivity contribution in [3.8, 4) is 0 Å². The topological polar surface area (TPSA) is 118 Å². The summed E-state index contributed by atoms with van der Waals surface area (Å²) < 4.78 is 0. The van der Waals surface area contributed by atoms with Gasteiger partial charge in [0.1, 0.15) is 0 Å². The Hall–Kier alpha value is -1.21. The quantitative estimate of drug-likeness (QED) is 0.365. The molecule has 0 aromatic rings. The summed E-state index contributed by atoms with van der Waals surface area (Å²) in [5.74, 6) is -0.931. The number of aliphatic hydroxyl groups is 4. The lowest BCUT2D eigenvalue weighted by molar-refractivity contribution is -0.273. The summed E-state index contributed by atoms with van der Waals surface area (Å²) in [5.41, 5.74) is -0.502. The Morgan fingerprint density at radius 3 is 2.33 bits per heavy atom. The molecule has 0 radical (unpaired) electrons. The summed E-state index contributed by atoms with van der Waals surface area (Å²) in [6, 6.07) is 0. The predicted octanol–water partition coefficient (Wildman–Crippen LogP) is 3.92. The van der Waals surface area contributed by atoms with Crippen molar-refractivity contribution in [3.05, 3.63) is 23.8 Å². The van der Waals surface area contributed by atoms with Crippen molar-refractivity contribution in [2.45, 2.75) is 97.9 Å². The fraction of sp³-hybridized carbons (Fsp3) is 0.833. The first-order chi connectivity index (χ1) is 16.6. The molecule has 0 saturated heterocycles. The van der Waals surface area contributed by atoms with Gasteiger partial charge >= 0.3 is 5.97 Å². The van der Waals surface area contributed by atoms with Crippen LogP contribution < -0.4 is 0 Å². The number of rotatable bonds is 2. The van der Waals surface area contributed by atoms with Crippen LogP contribution in [0, 0.1) is 50.7 Å². The van der Waals surface area contributed by atoms with E-state index in [0.29, 0.717) is 25.7 Å². The molecule has 0 spiro atoms. The molecule has 5 aliphatic carbocycles. The Balaban J connectivity index is 1.66. The molecule has 6 heteroatoms. The van der Waals surface area contributed by atoms with Crippen molar-refractivity contribution < 1.29 is 30.3 Å². The molecule has 0 aliphatic heterocycles. The van der Waals surface area contributed by atoms with Gasteiger partial charge in [-0.2, -0.15) is 0 Å². The van der Waals surface area contributed by atoms with E-state index in [1.54, 1.807) is 6.92 Å². The van der Waals surface area contributed by atoms with E-state index < -0.39 is 40.5 Å². The van der Waals surface area contributed by atoms with Crippen LogP contribution in [0.5, 0.6) is 0 Å². The van der Waals surface area contributed by atoms with E-state index in [1.807, 2.05) is 0 Å². The minimum absolute atomic E-state index is 0.0852.